The highest BCUT2D eigenvalue weighted by Gasteiger charge is 2.39. The Morgan fingerprint density at radius 2 is 1.30 bits per heavy atom. The summed E-state index contributed by atoms with van der Waals surface area (Å²) in [7, 11) is 0. The monoisotopic (exact) mass is 265 g/mol. The summed E-state index contributed by atoms with van der Waals surface area (Å²) in [6.45, 7) is 0. The topological polar surface area (TPSA) is 26.0 Å². The minimum absolute atomic E-state index is 0.0893. The molecule has 3 rings (SSSR count). The molecule has 0 heterocycles. The molecule has 1 fully saturated rings. The molecule has 0 unspecified atom stereocenters. The maximum Gasteiger partial charge on any atom is 0.0393 e. The Hall–Kier alpha value is -1.60. The molecule has 0 spiro atoms. The van der Waals surface area contributed by atoms with Crippen LogP contribution in [-0.4, -0.2) is 0 Å². The summed E-state index contributed by atoms with van der Waals surface area (Å²) >= 11 is 0. The van der Waals surface area contributed by atoms with Crippen molar-refractivity contribution in [2.24, 2.45) is 5.73 Å². The van der Waals surface area contributed by atoms with Gasteiger partial charge >= 0.3 is 0 Å². The standard InChI is InChI=1S/C19H23N/c20-18(16-10-4-1-5-11-16)19(14-8-3-9-15-19)17-12-6-2-7-13-17/h1-2,4-7,10-13,18H,3,8-9,14-15,20H2/t18-/m1/s1. The molecule has 1 nitrogen and oxygen atoms in total. The van der Waals surface area contributed by atoms with Gasteiger partial charge in [0, 0.05) is 11.5 Å². The van der Waals surface area contributed by atoms with Crippen molar-refractivity contribution in [3.8, 4) is 0 Å². The molecule has 0 amide bonds. The second-order valence-corrected chi connectivity index (χ2v) is 5.97. The molecule has 0 bridgehead atoms. The quantitative estimate of drug-likeness (QED) is 0.863. The van der Waals surface area contributed by atoms with Crippen LogP contribution in [0.3, 0.4) is 0 Å². The van der Waals surface area contributed by atoms with Gasteiger partial charge in [-0.25, -0.2) is 0 Å². The normalized spacial score (nSPS) is 19.4. The van der Waals surface area contributed by atoms with Crippen LogP contribution in [0.5, 0.6) is 0 Å². The van der Waals surface area contributed by atoms with E-state index in [4.69, 9.17) is 5.73 Å². The van der Waals surface area contributed by atoms with E-state index in [1.807, 2.05) is 0 Å². The summed E-state index contributed by atoms with van der Waals surface area (Å²) in [5.41, 5.74) is 9.52. The van der Waals surface area contributed by atoms with Crippen LogP contribution in [0, 0.1) is 0 Å². The van der Waals surface area contributed by atoms with Gasteiger partial charge in [-0.3, -0.25) is 0 Å². The molecule has 1 saturated carbocycles. The Kier molecular flexibility index (Phi) is 3.88. The zero-order valence-corrected chi connectivity index (χ0v) is 12.0. The van der Waals surface area contributed by atoms with Crippen LogP contribution in [0.1, 0.15) is 49.3 Å². The molecule has 1 aliphatic rings. The first kappa shape index (κ1) is 13.4. The van der Waals surface area contributed by atoms with Crippen LogP contribution in [0.2, 0.25) is 0 Å². The van der Waals surface area contributed by atoms with Crippen LogP contribution in [0.25, 0.3) is 0 Å². The Morgan fingerprint density at radius 1 is 0.750 bits per heavy atom. The molecule has 1 heteroatoms. The van der Waals surface area contributed by atoms with E-state index in [1.165, 1.54) is 43.2 Å². The molecular formula is C19H23N. The van der Waals surface area contributed by atoms with E-state index >= 15 is 0 Å². The molecule has 0 aromatic heterocycles. The van der Waals surface area contributed by atoms with Crippen molar-refractivity contribution in [2.75, 3.05) is 0 Å². The zero-order chi connectivity index (χ0) is 13.8. The predicted molar refractivity (Wildman–Crippen MR) is 84.6 cm³/mol. The predicted octanol–water partition coefficient (Wildman–Crippen LogP) is 4.59. The minimum atomic E-state index is 0.0893. The highest BCUT2D eigenvalue weighted by molar-refractivity contribution is 5.33. The van der Waals surface area contributed by atoms with Crippen molar-refractivity contribution in [1.29, 1.82) is 0 Å². The van der Waals surface area contributed by atoms with Gasteiger partial charge < -0.3 is 5.73 Å². The molecule has 2 aromatic carbocycles. The van der Waals surface area contributed by atoms with E-state index in [-0.39, 0.29) is 11.5 Å². The second kappa shape index (κ2) is 5.80. The third-order valence-corrected chi connectivity index (χ3v) is 4.85. The number of nitrogens with two attached hydrogens (primary N) is 1. The Morgan fingerprint density at radius 3 is 1.90 bits per heavy atom. The summed E-state index contributed by atoms with van der Waals surface area (Å²) in [5, 5.41) is 0. The summed E-state index contributed by atoms with van der Waals surface area (Å²) < 4.78 is 0. The van der Waals surface area contributed by atoms with Crippen molar-refractivity contribution in [1.82, 2.24) is 0 Å². The van der Waals surface area contributed by atoms with Crippen LogP contribution in [0.15, 0.2) is 60.7 Å². The van der Waals surface area contributed by atoms with Crippen LogP contribution >= 0.6 is 0 Å². The van der Waals surface area contributed by atoms with Gasteiger partial charge in [-0.2, -0.15) is 0 Å². The molecule has 104 valence electrons. The van der Waals surface area contributed by atoms with Gasteiger partial charge in [-0.15, -0.1) is 0 Å². The zero-order valence-electron chi connectivity index (χ0n) is 12.0. The number of hydrogen-bond donors (Lipinski definition) is 1. The molecular weight excluding hydrogens is 242 g/mol. The van der Waals surface area contributed by atoms with Gasteiger partial charge in [0.25, 0.3) is 0 Å². The molecule has 20 heavy (non-hydrogen) atoms. The third-order valence-electron chi connectivity index (χ3n) is 4.85. The molecule has 0 radical (unpaired) electrons. The summed E-state index contributed by atoms with van der Waals surface area (Å²) in [6, 6.07) is 21.6. The fraction of sp³-hybridized carbons (Fsp3) is 0.368. The molecule has 2 aromatic rings. The molecule has 1 atom stereocenters. The molecule has 0 saturated heterocycles. The lowest BCUT2D eigenvalue weighted by Gasteiger charge is -2.43. The van der Waals surface area contributed by atoms with Crippen molar-refractivity contribution in [2.45, 2.75) is 43.6 Å². The SMILES string of the molecule is N[C@H](c1ccccc1)C1(c2ccccc2)CCCCC1. The minimum Gasteiger partial charge on any atom is -0.323 e. The van der Waals surface area contributed by atoms with E-state index in [9.17, 15) is 0 Å². The average molecular weight is 265 g/mol. The Balaban J connectivity index is 2.02. The first-order valence-electron chi connectivity index (χ1n) is 7.69. The molecule has 0 aliphatic heterocycles. The lowest BCUT2D eigenvalue weighted by atomic mass is 9.63. The highest BCUT2D eigenvalue weighted by Crippen LogP contribution is 2.46. The largest absolute Gasteiger partial charge is 0.323 e. The van der Waals surface area contributed by atoms with E-state index in [2.05, 4.69) is 60.7 Å². The van der Waals surface area contributed by atoms with Gasteiger partial charge in [0.2, 0.25) is 0 Å². The first-order valence-corrected chi connectivity index (χ1v) is 7.69. The fourth-order valence-corrected chi connectivity index (χ4v) is 3.71. The number of rotatable bonds is 3. The smallest absolute Gasteiger partial charge is 0.0393 e. The van der Waals surface area contributed by atoms with Crippen LogP contribution in [-0.2, 0) is 5.41 Å². The van der Waals surface area contributed by atoms with Gasteiger partial charge in [-0.1, -0.05) is 79.9 Å². The third kappa shape index (κ3) is 2.38. The first-order chi connectivity index (χ1) is 9.83. The second-order valence-electron chi connectivity index (χ2n) is 5.97. The van der Waals surface area contributed by atoms with E-state index < -0.39 is 0 Å². The van der Waals surface area contributed by atoms with Crippen molar-refractivity contribution in [3.05, 3.63) is 71.8 Å². The molecule has 1 aliphatic carbocycles. The van der Waals surface area contributed by atoms with Gasteiger partial charge in [0.05, 0.1) is 0 Å². The van der Waals surface area contributed by atoms with Gasteiger partial charge in [-0.05, 0) is 24.0 Å². The van der Waals surface area contributed by atoms with Crippen molar-refractivity contribution < 1.29 is 0 Å². The summed E-state index contributed by atoms with van der Waals surface area (Å²) in [5.74, 6) is 0. The average Bonchev–Trinajstić information content (AvgIpc) is 2.56. The van der Waals surface area contributed by atoms with E-state index in [1.54, 1.807) is 0 Å². The van der Waals surface area contributed by atoms with Crippen LogP contribution < -0.4 is 5.73 Å². The number of hydrogen-bond acceptors (Lipinski definition) is 1. The Labute approximate surface area is 121 Å². The lowest BCUT2D eigenvalue weighted by molar-refractivity contribution is 0.244. The molecule has 2 N–H and O–H groups in total. The summed E-state index contributed by atoms with van der Waals surface area (Å²) in [6.07, 6.45) is 6.32. The Bertz CT molecular complexity index is 526. The van der Waals surface area contributed by atoms with Gasteiger partial charge in [0.1, 0.15) is 0 Å². The fourth-order valence-electron chi connectivity index (χ4n) is 3.71. The maximum absolute atomic E-state index is 6.74. The van der Waals surface area contributed by atoms with E-state index in [0.29, 0.717) is 0 Å². The van der Waals surface area contributed by atoms with Crippen molar-refractivity contribution in [3.63, 3.8) is 0 Å². The van der Waals surface area contributed by atoms with Crippen LogP contribution in [0.4, 0.5) is 0 Å². The lowest BCUT2D eigenvalue weighted by Crippen LogP contribution is -2.40. The highest BCUT2D eigenvalue weighted by atomic mass is 14.7. The number of benzene rings is 2. The van der Waals surface area contributed by atoms with E-state index in [0.717, 1.165) is 0 Å². The summed E-state index contributed by atoms with van der Waals surface area (Å²) in [4.78, 5) is 0. The van der Waals surface area contributed by atoms with Crippen molar-refractivity contribution >= 4 is 0 Å². The maximum atomic E-state index is 6.74. The van der Waals surface area contributed by atoms with Gasteiger partial charge in [0.15, 0.2) is 0 Å².